The van der Waals surface area contributed by atoms with E-state index in [1.807, 2.05) is 60.7 Å². The van der Waals surface area contributed by atoms with Crippen LogP contribution in [0.15, 0.2) is 97.1 Å². The summed E-state index contributed by atoms with van der Waals surface area (Å²) in [6.07, 6.45) is 0. The second-order valence-corrected chi connectivity index (χ2v) is 9.73. The van der Waals surface area contributed by atoms with Crippen LogP contribution < -0.4 is 29.9 Å². The van der Waals surface area contributed by atoms with Crippen LogP contribution in [0.25, 0.3) is 0 Å². The van der Waals surface area contributed by atoms with Crippen LogP contribution in [0.3, 0.4) is 0 Å². The van der Waals surface area contributed by atoms with E-state index in [0.717, 1.165) is 48.9 Å². The molecule has 8 heteroatoms. The number of nitrogens with zero attached hydrogens (tertiary/aromatic N) is 2. The van der Waals surface area contributed by atoms with E-state index in [-0.39, 0.29) is 11.8 Å². The molecule has 0 radical (unpaired) electrons. The van der Waals surface area contributed by atoms with Crippen LogP contribution in [0.2, 0.25) is 0 Å². The number of hydrogen-bond acceptors (Lipinski definition) is 6. The lowest BCUT2D eigenvalue weighted by Crippen LogP contribution is -2.47. The number of hydrogen-bond donors (Lipinski definition) is 2. The maximum absolute atomic E-state index is 13.5. The van der Waals surface area contributed by atoms with Crippen LogP contribution in [-0.2, 0) is 6.54 Å². The third-order valence-electron chi connectivity index (χ3n) is 7.19. The Morgan fingerprint density at radius 1 is 0.707 bits per heavy atom. The largest absolute Gasteiger partial charge is 0.497 e. The third-order valence-corrected chi connectivity index (χ3v) is 7.19. The van der Waals surface area contributed by atoms with Gasteiger partial charge in [-0.15, -0.1) is 0 Å². The SMILES string of the molecule is COc1ccc(C(=O)Nc2ccc(N3CCN(c4ccccc4OC)CC3)c(C(=O)NCc3ccccc3)c2)cc1. The number of methoxy groups -OCH3 is 2. The average molecular weight is 551 g/mol. The smallest absolute Gasteiger partial charge is 0.255 e. The van der Waals surface area contributed by atoms with E-state index in [0.29, 0.717) is 29.1 Å². The number of carbonyl (C=O) groups is 2. The Morgan fingerprint density at radius 2 is 1.37 bits per heavy atom. The first-order chi connectivity index (χ1) is 20.1. The van der Waals surface area contributed by atoms with Gasteiger partial charge in [0.15, 0.2) is 0 Å². The molecule has 0 unspecified atom stereocenters. The summed E-state index contributed by atoms with van der Waals surface area (Å²) < 4.78 is 10.8. The molecule has 1 saturated heterocycles. The zero-order valence-corrected chi connectivity index (χ0v) is 23.3. The predicted molar refractivity (Wildman–Crippen MR) is 162 cm³/mol. The number of piperazine rings is 1. The number of amides is 2. The number of carbonyl (C=O) groups excluding carboxylic acids is 2. The second kappa shape index (κ2) is 12.9. The molecule has 0 spiro atoms. The molecule has 0 aromatic heterocycles. The topological polar surface area (TPSA) is 83.1 Å². The molecule has 2 amide bonds. The van der Waals surface area contributed by atoms with Gasteiger partial charge in [0.25, 0.3) is 11.8 Å². The predicted octanol–water partition coefficient (Wildman–Crippen LogP) is 5.21. The summed E-state index contributed by atoms with van der Waals surface area (Å²) in [6, 6.07) is 30.2. The molecule has 1 heterocycles. The van der Waals surface area contributed by atoms with E-state index in [1.54, 1.807) is 44.6 Å². The van der Waals surface area contributed by atoms with Crippen molar-refractivity contribution in [3.05, 3.63) is 114 Å². The molecule has 1 aliphatic heterocycles. The summed E-state index contributed by atoms with van der Waals surface area (Å²) in [5.74, 6) is 1.06. The van der Waals surface area contributed by atoms with Gasteiger partial charge in [0.05, 0.1) is 25.5 Å². The standard InChI is InChI=1S/C33H34N4O4/c1-40-27-15-12-25(13-16-27)32(38)35-26-14-17-29(28(22-26)33(39)34-23-24-8-4-3-5-9-24)36-18-20-37(21-19-36)30-10-6-7-11-31(30)41-2/h3-17,22H,18-21,23H2,1-2H3,(H,34,39)(H,35,38). The summed E-state index contributed by atoms with van der Waals surface area (Å²) in [7, 11) is 3.27. The Morgan fingerprint density at radius 3 is 2.05 bits per heavy atom. The molecule has 1 fully saturated rings. The van der Waals surface area contributed by atoms with Crippen molar-refractivity contribution in [3.63, 3.8) is 0 Å². The molecule has 0 bridgehead atoms. The first kappa shape index (κ1) is 27.6. The molecule has 2 N–H and O–H groups in total. The van der Waals surface area contributed by atoms with Crippen LogP contribution in [0.1, 0.15) is 26.3 Å². The van der Waals surface area contributed by atoms with Gasteiger partial charge in [0.1, 0.15) is 11.5 Å². The van der Waals surface area contributed by atoms with Crippen molar-refractivity contribution >= 4 is 28.9 Å². The van der Waals surface area contributed by atoms with E-state index >= 15 is 0 Å². The summed E-state index contributed by atoms with van der Waals surface area (Å²) >= 11 is 0. The lowest BCUT2D eigenvalue weighted by molar-refractivity contribution is 0.0950. The van der Waals surface area contributed by atoms with E-state index < -0.39 is 0 Å². The van der Waals surface area contributed by atoms with Gasteiger partial charge in [-0.2, -0.15) is 0 Å². The lowest BCUT2D eigenvalue weighted by Gasteiger charge is -2.38. The number of anilines is 3. The first-order valence-corrected chi connectivity index (χ1v) is 13.6. The van der Waals surface area contributed by atoms with E-state index in [9.17, 15) is 9.59 Å². The molecule has 1 aliphatic rings. The highest BCUT2D eigenvalue weighted by atomic mass is 16.5. The number of rotatable bonds is 9. The van der Waals surface area contributed by atoms with Crippen LogP contribution >= 0.6 is 0 Å². The molecular formula is C33H34N4O4. The molecule has 0 saturated carbocycles. The van der Waals surface area contributed by atoms with Gasteiger partial charge in [0, 0.05) is 49.7 Å². The fourth-order valence-corrected chi connectivity index (χ4v) is 4.97. The quantitative estimate of drug-likeness (QED) is 0.298. The number of ether oxygens (including phenoxy) is 2. The highest BCUT2D eigenvalue weighted by molar-refractivity contribution is 6.06. The van der Waals surface area contributed by atoms with Crippen molar-refractivity contribution in [2.45, 2.75) is 6.54 Å². The summed E-state index contributed by atoms with van der Waals surface area (Å²) in [4.78, 5) is 31.0. The second-order valence-electron chi connectivity index (χ2n) is 9.73. The van der Waals surface area contributed by atoms with Gasteiger partial charge in [-0.3, -0.25) is 9.59 Å². The maximum Gasteiger partial charge on any atom is 0.255 e. The fraction of sp³-hybridized carbons (Fsp3) is 0.212. The van der Waals surface area contributed by atoms with Crippen LogP contribution in [0.5, 0.6) is 11.5 Å². The van der Waals surface area contributed by atoms with Crippen LogP contribution in [-0.4, -0.2) is 52.2 Å². The van der Waals surface area contributed by atoms with Gasteiger partial charge in [-0.1, -0.05) is 42.5 Å². The fourth-order valence-electron chi connectivity index (χ4n) is 4.97. The minimum atomic E-state index is -0.263. The summed E-state index contributed by atoms with van der Waals surface area (Å²) in [6.45, 7) is 3.43. The normalized spacial score (nSPS) is 12.9. The van der Waals surface area contributed by atoms with E-state index in [1.165, 1.54) is 0 Å². The highest BCUT2D eigenvalue weighted by Gasteiger charge is 2.24. The highest BCUT2D eigenvalue weighted by Crippen LogP contribution is 2.31. The van der Waals surface area contributed by atoms with E-state index in [2.05, 4.69) is 26.5 Å². The minimum absolute atomic E-state index is 0.198. The van der Waals surface area contributed by atoms with E-state index in [4.69, 9.17) is 9.47 Å². The molecule has 0 aliphatic carbocycles. The Balaban J connectivity index is 1.36. The first-order valence-electron chi connectivity index (χ1n) is 13.6. The van der Waals surface area contributed by atoms with Crippen molar-refractivity contribution in [2.75, 3.05) is 55.5 Å². The minimum Gasteiger partial charge on any atom is -0.497 e. The number of nitrogens with one attached hydrogen (secondary N) is 2. The number of para-hydroxylation sites is 2. The molecule has 4 aromatic rings. The van der Waals surface area contributed by atoms with Crippen molar-refractivity contribution in [1.29, 1.82) is 0 Å². The Kier molecular flexibility index (Phi) is 8.69. The average Bonchev–Trinajstić information content (AvgIpc) is 3.04. The Labute approximate surface area is 240 Å². The van der Waals surface area contributed by atoms with Gasteiger partial charge < -0.3 is 29.9 Å². The molecule has 4 aromatic carbocycles. The lowest BCUT2D eigenvalue weighted by atomic mass is 10.1. The Bertz CT molecular complexity index is 1480. The van der Waals surface area contributed by atoms with Crippen molar-refractivity contribution in [1.82, 2.24) is 5.32 Å². The molecule has 5 rings (SSSR count). The van der Waals surface area contributed by atoms with Gasteiger partial charge in [0.2, 0.25) is 0 Å². The zero-order valence-electron chi connectivity index (χ0n) is 23.3. The summed E-state index contributed by atoms with van der Waals surface area (Å²) in [5, 5.41) is 5.99. The van der Waals surface area contributed by atoms with Crippen molar-refractivity contribution in [2.24, 2.45) is 0 Å². The molecule has 0 atom stereocenters. The molecular weight excluding hydrogens is 516 g/mol. The van der Waals surface area contributed by atoms with Gasteiger partial charge in [-0.25, -0.2) is 0 Å². The van der Waals surface area contributed by atoms with Gasteiger partial charge in [-0.05, 0) is 60.2 Å². The molecule has 41 heavy (non-hydrogen) atoms. The third kappa shape index (κ3) is 6.61. The molecule has 210 valence electrons. The summed E-state index contributed by atoms with van der Waals surface area (Å²) in [5.41, 5.74) is 4.46. The Hall–Kier alpha value is -4.98. The van der Waals surface area contributed by atoms with Crippen molar-refractivity contribution in [3.8, 4) is 11.5 Å². The van der Waals surface area contributed by atoms with Crippen LogP contribution in [0.4, 0.5) is 17.1 Å². The van der Waals surface area contributed by atoms with Crippen LogP contribution in [0, 0.1) is 0 Å². The molecule has 8 nitrogen and oxygen atoms in total. The maximum atomic E-state index is 13.5. The van der Waals surface area contributed by atoms with Crippen molar-refractivity contribution < 1.29 is 19.1 Å². The monoisotopic (exact) mass is 550 g/mol. The van der Waals surface area contributed by atoms with Gasteiger partial charge >= 0.3 is 0 Å². The number of benzene rings is 4. The zero-order chi connectivity index (χ0) is 28.6.